The molecule has 0 saturated heterocycles. The molecule has 2 nitrogen and oxygen atoms in total. The molecule has 2 atom stereocenters. The van der Waals surface area contributed by atoms with Crippen molar-refractivity contribution in [2.45, 2.75) is 18.4 Å². The van der Waals surface area contributed by atoms with Crippen LogP contribution in [0.25, 0.3) is 11.0 Å². The molecule has 2 heteroatoms. The van der Waals surface area contributed by atoms with Crippen molar-refractivity contribution in [1.29, 1.82) is 0 Å². The minimum atomic E-state index is 0.364. The highest BCUT2D eigenvalue weighted by molar-refractivity contribution is 5.85. The average Bonchev–Trinajstić information content (AvgIpc) is 2.83. The van der Waals surface area contributed by atoms with Gasteiger partial charge < -0.3 is 4.42 Å². The Bertz CT molecular complexity index is 621. The molecule has 1 aliphatic carbocycles. The van der Waals surface area contributed by atoms with Gasteiger partial charge in [-0.15, -0.1) is 0 Å². The van der Waals surface area contributed by atoms with Gasteiger partial charge in [-0.05, 0) is 12.1 Å². The summed E-state index contributed by atoms with van der Waals surface area (Å²) in [6, 6.07) is 8.64. The third-order valence-corrected chi connectivity index (χ3v) is 3.54. The first kappa shape index (κ1) is 8.34. The van der Waals surface area contributed by atoms with Gasteiger partial charge in [-0.2, -0.15) is 0 Å². The summed E-state index contributed by atoms with van der Waals surface area (Å²) in [4.78, 5) is 4.51. The minimum absolute atomic E-state index is 0.364. The third-order valence-electron chi connectivity index (χ3n) is 3.54. The number of dihydropyridines is 1. The van der Waals surface area contributed by atoms with Crippen LogP contribution in [-0.2, 0) is 6.42 Å². The fraction of sp³-hybridized carbons (Fsp3) is 0.214. The molecule has 1 aliphatic heterocycles. The SMILES string of the molecule is C1=CC2c3c(oc4ccccc34)CC2N=C1. The molecule has 0 saturated carbocycles. The summed E-state index contributed by atoms with van der Waals surface area (Å²) in [5.41, 5.74) is 2.36. The van der Waals surface area contributed by atoms with Crippen molar-refractivity contribution in [3.8, 4) is 0 Å². The molecular weight excluding hydrogens is 198 g/mol. The number of furan rings is 1. The summed E-state index contributed by atoms with van der Waals surface area (Å²) in [5, 5.41) is 1.26. The molecule has 0 radical (unpaired) electrons. The lowest BCUT2D eigenvalue weighted by molar-refractivity contribution is 0.538. The molecule has 0 amide bonds. The van der Waals surface area contributed by atoms with Crippen molar-refractivity contribution in [3.63, 3.8) is 0 Å². The number of para-hydroxylation sites is 1. The molecule has 0 N–H and O–H groups in total. The quantitative estimate of drug-likeness (QED) is 0.654. The lowest BCUT2D eigenvalue weighted by atomic mass is 9.95. The largest absolute Gasteiger partial charge is 0.461 e. The zero-order chi connectivity index (χ0) is 10.5. The first-order valence-electron chi connectivity index (χ1n) is 5.64. The van der Waals surface area contributed by atoms with Crippen LogP contribution in [0.4, 0.5) is 0 Å². The second-order valence-electron chi connectivity index (χ2n) is 4.42. The zero-order valence-corrected chi connectivity index (χ0v) is 8.76. The van der Waals surface area contributed by atoms with Crippen LogP contribution in [0.3, 0.4) is 0 Å². The highest BCUT2D eigenvalue weighted by Gasteiger charge is 2.35. The molecule has 0 spiro atoms. The Morgan fingerprint density at radius 1 is 1.25 bits per heavy atom. The number of benzene rings is 1. The number of nitrogens with zero attached hydrogens (tertiary/aromatic N) is 1. The van der Waals surface area contributed by atoms with Crippen LogP contribution in [0.2, 0.25) is 0 Å². The minimum Gasteiger partial charge on any atom is -0.461 e. The first-order valence-corrected chi connectivity index (χ1v) is 5.64. The van der Waals surface area contributed by atoms with Crippen molar-refractivity contribution in [3.05, 3.63) is 47.7 Å². The Labute approximate surface area is 93.3 Å². The number of hydrogen-bond donors (Lipinski definition) is 0. The molecule has 0 fully saturated rings. The maximum absolute atomic E-state index is 5.89. The molecule has 0 bridgehead atoms. The summed E-state index contributed by atoms with van der Waals surface area (Å²) in [5.74, 6) is 1.54. The lowest BCUT2D eigenvalue weighted by Crippen LogP contribution is -2.12. The maximum Gasteiger partial charge on any atom is 0.134 e. The van der Waals surface area contributed by atoms with Gasteiger partial charge in [-0.1, -0.05) is 24.3 Å². The highest BCUT2D eigenvalue weighted by Crippen LogP contribution is 2.43. The molecular formula is C14H11NO. The van der Waals surface area contributed by atoms with Gasteiger partial charge in [0.25, 0.3) is 0 Å². The van der Waals surface area contributed by atoms with Crippen LogP contribution in [0, 0.1) is 0 Å². The van der Waals surface area contributed by atoms with Crippen molar-refractivity contribution < 1.29 is 4.42 Å². The Balaban J connectivity index is 2.01. The Morgan fingerprint density at radius 3 is 3.19 bits per heavy atom. The average molecular weight is 209 g/mol. The number of rotatable bonds is 0. The van der Waals surface area contributed by atoms with E-state index in [-0.39, 0.29) is 0 Å². The molecule has 1 aromatic heterocycles. The third kappa shape index (κ3) is 0.941. The van der Waals surface area contributed by atoms with Gasteiger partial charge in [0.1, 0.15) is 11.3 Å². The van der Waals surface area contributed by atoms with Gasteiger partial charge in [0, 0.05) is 29.5 Å². The Morgan fingerprint density at radius 2 is 2.19 bits per heavy atom. The monoisotopic (exact) mass is 209 g/mol. The number of fused-ring (bicyclic) bond motifs is 5. The number of hydrogen-bond acceptors (Lipinski definition) is 2. The Kier molecular flexibility index (Phi) is 1.48. The standard InChI is InChI=1S/C14H11NO/c1-2-6-12-10(4-1)14-9-5-3-7-15-11(9)8-13(14)16-12/h1-7,9,11H,8H2. The number of aliphatic imine (C=N–C) groups is 1. The molecule has 78 valence electrons. The predicted molar refractivity (Wildman–Crippen MR) is 64.1 cm³/mol. The molecule has 2 aromatic rings. The van der Waals surface area contributed by atoms with Gasteiger partial charge in [-0.25, -0.2) is 0 Å². The summed E-state index contributed by atoms with van der Waals surface area (Å²) >= 11 is 0. The van der Waals surface area contributed by atoms with Crippen molar-refractivity contribution in [1.82, 2.24) is 0 Å². The molecule has 2 aliphatic rings. The number of allylic oxidation sites excluding steroid dienone is 1. The summed E-state index contributed by atoms with van der Waals surface area (Å²) in [7, 11) is 0. The zero-order valence-electron chi connectivity index (χ0n) is 8.76. The molecule has 2 heterocycles. The fourth-order valence-corrected chi connectivity index (χ4v) is 2.84. The molecule has 2 unspecified atom stereocenters. The highest BCUT2D eigenvalue weighted by atomic mass is 16.3. The molecule has 1 aromatic carbocycles. The van der Waals surface area contributed by atoms with Crippen molar-refractivity contribution in [2.75, 3.05) is 0 Å². The summed E-state index contributed by atoms with van der Waals surface area (Å²) in [6.07, 6.45) is 7.12. The van der Waals surface area contributed by atoms with Crippen LogP contribution in [0.15, 0.2) is 45.8 Å². The van der Waals surface area contributed by atoms with Crippen LogP contribution in [0.1, 0.15) is 17.2 Å². The first-order chi connectivity index (χ1) is 7.93. The van der Waals surface area contributed by atoms with Crippen LogP contribution < -0.4 is 0 Å². The lowest BCUT2D eigenvalue weighted by Gasteiger charge is -2.15. The maximum atomic E-state index is 5.89. The van der Waals surface area contributed by atoms with E-state index in [1.54, 1.807) is 0 Å². The van der Waals surface area contributed by atoms with E-state index in [4.69, 9.17) is 4.42 Å². The normalized spacial score (nSPS) is 26.0. The molecule has 16 heavy (non-hydrogen) atoms. The van der Waals surface area contributed by atoms with E-state index in [1.807, 2.05) is 24.4 Å². The topological polar surface area (TPSA) is 25.5 Å². The summed E-state index contributed by atoms with van der Waals surface area (Å²) < 4.78 is 5.89. The smallest absolute Gasteiger partial charge is 0.134 e. The van der Waals surface area contributed by atoms with E-state index in [1.165, 1.54) is 10.9 Å². The Hall–Kier alpha value is -1.83. The van der Waals surface area contributed by atoms with Gasteiger partial charge in [0.2, 0.25) is 0 Å². The van der Waals surface area contributed by atoms with E-state index in [0.29, 0.717) is 12.0 Å². The van der Waals surface area contributed by atoms with Crippen molar-refractivity contribution >= 4 is 17.2 Å². The predicted octanol–water partition coefficient (Wildman–Crippen LogP) is 3.08. The van der Waals surface area contributed by atoms with Gasteiger partial charge >= 0.3 is 0 Å². The second kappa shape index (κ2) is 2.85. The van der Waals surface area contributed by atoms with E-state index < -0.39 is 0 Å². The van der Waals surface area contributed by atoms with Crippen LogP contribution >= 0.6 is 0 Å². The van der Waals surface area contributed by atoms with Crippen LogP contribution in [-0.4, -0.2) is 12.3 Å². The molecule has 4 rings (SSSR count). The van der Waals surface area contributed by atoms with Gasteiger partial charge in [0.15, 0.2) is 0 Å². The van der Waals surface area contributed by atoms with Crippen LogP contribution in [0.5, 0.6) is 0 Å². The van der Waals surface area contributed by atoms with Crippen molar-refractivity contribution in [2.24, 2.45) is 4.99 Å². The fourth-order valence-electron chi connectivity index (χ4n) is 2.84. The van der Waals surface area contributed by atoms with E-state index in [0.717, 1.165) is 17.8 Å². The van der Waals surface area contributed by atoms with E-state index in [9.17, 15) is 0 Å². The summed E-state index contributed by atoms with van der Waals surface area (Å²) in [6.45, 7) is 0. The van der Waals surface area contributed by atoms with E-state index in [2.05, 4.69) is 23.2 Å². The van der Waals surface area contributed by atoms with E-state index >= 15 is 0 Å². The van der Waals surface area contributed by atoms with Gasteiger partial charge in [0.05, 0.1) is 6.04 Å². The second-order valence-corrected chi connectivity index (χ2v) is 4.42. The van der Waals surface area contributed by atoms with Gasteiger partial charge in [-0.3, -0.25) is 4.99 Å².